The van der Waals surface area contributed by atoms with E-state index in [1.807, 2.05) is 0 Å². The third kappa shape index (κ3) is 2.68. The molecule has 1 fully saturated rings. The fraction of sp³-hybridized carbons (Fsp3) is 0.429. The van der Waals surface area contributed by atoms with Gasteiger partial charge in [0.15, 0.2) is 5.84 Å². The summed E-state index contributed by atoms with van der Waals surface area (Å²) in [6, 6.07) is 1.94. The van der Waals surface area contributed by atoms with Crippen LogP contribution in [0.25, 0.3) is 0 Å². The molecular weight excluding hydrogens is 280 g/mol. The van der Waals surface area contributed by atoms with Gasteiger partial charge in [0.05, 0.1) is 5.69 Å². The topological polar surface area (TPSA) is 87.7 Å². The second-order valence-corrected chi connectivity index (χ2v) is 5.31. The Balaban J connectivity index is 2.30. The number of amides is 1. The SMILES string of the molecule is Cc1cc(F)c(NC(=O)C2(/C(N)=N/O)CCCC2)cc1F. The number of halogens is 2. The predicted molar refractivity (Wildman–Crippen MR) is 74.0 cm³/mol. The molecule has 114 valence electrons. The van der Waals surface area contributed by atoms with Gasteiger partial charge in [-0.3, -0.25) is 4.79 Å². The molecule has 5 nitrogen and oxygen atoms in total. The zero-order valence-electron chi connectivity index (χ0n) is 11.6. The molecule has 1 amide bonds. The zero-order valence-corrected chi connectivity index (χ0v) is 11.6. The molecule has 0 aromatic heterocycles. The van der Waals surface area contributed by atoms with E-state index >= 15 is 0 Å². The molecule has 1 aliphatic rings. The van der Waals surface area contributed by atoms with Crippen LogP contribution < -0.4 is 11.1 Å². The van der Waals surface area contributed by atoms with Gasteiger partial charge in [0.25, 0.3) is 0 Å². The summed E-state index contributed by atoms with van der Waals surface area (Å²) in [4.78, 5) is 12.4. The van der Waals surface area contributed by atoms with Crippen molar-refractivity contribution >= 4 is 17.4 Å². The molecule has 0 radical (unpaired) electrons. The summed E-state index contributed by atoms with van der Waals surface area (Å²) in [6.45, 7) is 1.43. The van der Waals surface area contributed by atoms with E-state index in [0.717, 1.165) is 25.0 Å². The van der Waals surface area contributed by atoms with Crippen LogP contribution in [0.5, 0.6) is 0 Å². The fourth-order valence-corrected chi connectivity index (χ4v) is 2.66. The van der Waals surface area contributed by atoms with Crippen molar-refractivity contribution in [3.05, 3.63) is 29.3 Å². The molecule has 1 aromatic rings. The zero-order chi connectivity index (χ0) is 15.6. The molecule has 0 atom stereocenters. The van der Waals surface area contributed by atoms with Crippen LogP contribution in [-0.4, -0.2) is 17.0 Å². The summed E-state index contributed by atoms with van der Waals surface area (Å²) in [5.41, 5.74) is 4.37. The highest BCUT2D eigenvalue weighted by atomic mass is 19.1. The van der Waals surface area contributed by atoms with Gasteiger partial charge in [0.1, 0.15) is 17.0 Å². The number of hydrogen-bond acceptors (Lipinski definition) is 3. The number of benzene rings is 1. The summed E-state index contributed by atoms with van der Waals surface area (Å²) in [5.74, 6) is -2.13. The molecule has 7 heteroatoms. The molecule has 0 spiro atoms. The Morgan fingerprint density at radius 3 is 2.52 bits per heavy atom. The summed E-state index contributed by atoms with van der Waals surface area (Å²) < 4.78 is 27.3. The summed E-state index contributed by atoms with van der Waals surface area (Å²) in [5, 5.41) is 14.1. The first kappa shape index (κ1) is 15.2. The van der Waals surface area contributed by atoms with Crippen molar-refractivity contribution in [3.63, 3.8) is 0 Å². The van der Waals surface area contributed by atoms with Gasteiger partial charge in [-0.05, 0) is 31.4 Å². The number of nitrogens with zero attached hydrogens (tertiary/aromatic N) is 1. The Morgan fingerprint density at radius 2 is 1.95 bits per heavy atom. The lowest BCUT2D eigenvalue weighted by atomic mass is 9.83. The predicted octanol–water partition coefficient (Wildman–Crippen LogP) is 2.52. The molecule has 0 saturated heterocycles. The molecular formula is C14H17F2N3O2. The number of nitrogens with one attached hydrogen (secondary N) is 1. The van der Waals surface area contributed by atoms with Gasteiger partial charge < -0.3 is 16.3 Å². The lowest BCUT2D eigenvalue weighted by Crippen LogP contribution is -2.45. The molecule has 0 unspecified atom stereocenters. The highest BCUT2D eigenvalue weighted by molar-refractivity contribution is 6.12. The van der Waals surface area contributed by atoms with E-state index in [2.05, 4.69) is 10.5 Å². The highest BCUT2D eigenvalue weighted by Crippen LogP contribution is 2.39. The van der Waals surface area contributed by atoms with Crippen molar-refractivity contribution in [1.29, 1.82) is 0 Å². The van der Waals surface area contributed by atoms with Crippen LogP contribution in [-0.2, 0) is 4.79 Å². The molecule has 0 heterocycles. The Morgan fingerprint density at radius 1 is 1.33 bits per heavy atom. The molecule has 2 rings (SSSR count). The van der Waals surface area contributed by atoms with Crippen LogP contribution in [0.4, 0.5) is 14.5 Å². The van der Waals surface area contributed by atoms with Gasteiger partial charge in [-0.25, -0.2) is 8.78 Å². The Bertz CT molecular complexity index is 596. The summed E-state index contributed by atoms with van der Waals surface area (Å²) in [7, 11) is 0. The number of hydrogen-bond donors (Lipinski definition) is 3. The maximum Gasteiger partial charge on any atom is 0.238 e. The third-order valence-electron chi connectivity index (χ3n) is 3.99. The minimum Gasteiger partial charge on any atom is -0.409 e. The molecule has 1 saturated carbocycles. The lowest BCUT2D eigenvalue weighted by Gasteiger charge is -2.26. The van der Waals surface area contributed by atoms with Crippen LogP contribution in [0.3, 0.4) is 0 Å². The molecule has 0 aliphatic heterocycles. The van der Waals surface area contributed by atoms with Crippen LogP contribution in [0, 0.1) is 24.0 Å². The number of oxime groups is 1. The van der Waals surface area contributed by atoms with Crippen molar-refractivity contribution < 1.29 is 18.8 Å². The van der Waals surface area contributed by atoms with Crippen molar-refractivity contribution in [2.45, 2.75) is 32.6 Å². The van der Waals surface area contributed by atoms with Crippen molar-refractivity contribution in [1.82, 2.24) is 0 Å². The number of aryl methyl sites for hydroxylation is 1. The molecule has 1 aromatic carbocycles. The van der Waals surface area contributed by atoms with E-state index in [-0.39, 0.29) is 17.1 Å². The van der Waals surface area contributed by atoms with Crippen LogP contribution in [0.1, 0.15) is 31.2 Å². The summed E-state index contributed by atoms with van der Waals surface area (Å²) >= 11 is 0. The number of anilines is 1. The van der Waals surface area contributed by atoms with Gasteiger partial charge in [-0.15, -0.1) is 0 Å². The molecule has 1 aliphatic carbocycles. The quantitative estimate of drug-likeness (QED) is 0.347. The summed E-state index contributed by atoms with van der Waals surface area (Å²) in [6.07, 6.45) is 2.30. The average Bonchev–Trinajstić information content (AvgIpc) is 2.94. The number of carbonyl (C=O) groups is 1. The first-order chi connectivity index (χ1) is 9.90. The second kappa shape index (κ2) is 5.67. The van der Waals surface area contributed by atoms with Gasteiger partial charge in [-0.2, -0.15) is 0 Å². The normalized spacial score (nSPS) is 17.8. The molecule has 4 N–H and O–H groups in total. The van der Waals surface area contributed by atoms with Crippen LogP contribution >= 0.6 is 0 Å². The van der Waals surface area contributed by atoms with E-state index in [4.69, 9.17) is 10.9 Å². The molecule has 0 bridgehead atoms. The lowest BCUT2D eigenvalue weighted by molar-refractivity contribution is -0.122. The Kier molecular flexibility index (Phi) is 4.11. The molecule has 21 heavy (non-hydrogen) atoms. The van der Waals surface area contributed by atoms with Crippen LogP contribution in [0.2, 0.25) is 0 Å². The monoisotopic (exact) mass is 297 g/mol. The standard InChI is InChI=1S/C14H17F2N3O2/c1-8-6-10(16)11(7-9(8)15)18-13(20)14(12(17)19-21)4-2-3-5-14/h6-7,21H,2-5H2,1H3,(H2,17,19)(H,18,20). The minimum absolute atomic E-state index is 0.150. The van der Waals surface area contributed by atoms with E-state index in [9.17, 15) is 13.6 Å². The number of nitrogens with two attached hydrogens (primary N) is 1. The number of rotatable bonds is 3. The van der Waals surface area contributed by atoms with E-state index in [0.29, 0.717) is 12.8 Å². The average molecular weight is 297 g/mol. The number of carbonyl (C=O) groups excluding carboxylic acids is 1. The minimum atomic E-state index is -1.16. The largest absolute Gasteiger partial charge is 0.409 e. The third-order valence-corrected chi connectivity index (χ3v) is 3.99. The van der Waals surface area contributed by atoms with Gasteiger partial charge in [-0.1, -0.05) is 18.0 Å². The maximum atomic E-state index is 13.8. The van der Waals surface area contributed by atoms with E-state index in [1.165, 1.54) is 6.92 Å². The van der Waals surface area contributed by atoms with E-state index < -0.39 is 23.0 Å². The first-order valence-corrected chi connectivity index (χ1v) is 6.66. The van der Waals surface area contributed by atoms with E-state index in [1.54, 1.807) is 0 Å². The van der Waals surface area contributed by atoms with Gasteiger partial charge >= 0.3 is 0 Å². The second-order valence-electron chi connectivity index (χ2n) is 5.31. The van der Waals surface area contributed by atoms with Crippen molar-refractivity contribution in [2.24, 2.45) is 16.3 Å². The maximum absolute atomic E-state index is 13.8. The van der Waals surface area contributed by atoms with Gasteiger partial charge in [0.2, 0.25) is 5.91 Å². The number of amidine groups is 1. The van der Waals surface area contributed by atoms with Crippen LogP contribution in [0.15, 0.2) is 17.3 Å². The van der Waals surface area contributed by atoms with Crippen molar-refractivity contribution in [3.8, 4) is 0 Å². The first-order valence-electron chi connectivity index (χ1n) is 6.66. The highest BCUT2D eigenvalue weighted by Gasteiger charge is 2.45. The smallest absolute Gasteiger partial charge is 0.238 e. The fourth-order valence-electron chi connectivity index (χ4n) is 2.66. The Hall–Kier alpha value is -2.18. The van der Waals surface area contributed by atoms with Gasteiger partial charge in [0, 0.05) is 6.07 Å². The van der Waals surface area contributed by atoms with Crippen molar-refractivity contribution in [2.75, 3.05) is 5.32 Å². The Labute approximate surface area is 120 Å².